The van der Waals surface area contributed by atoms with Crippen LogP contribution in [0, 0.1) is 0 Å². The van der Waals surface area contributed by atoms with Gasteiger partial charge in [-0.05, 0) is 42.3 Å². The molecular weight excluding hydrogens is 316 g/mol. The summed E-state index contributed by atoms with van der Waals surface area (Å²) in [6, 6.07) is 10.1. The van der Waals surface area contributed by atoms with Crippen LogP contribution in [0.1, 0.15) is 42.6 Å². The molecule has 0 amide bonds. The van der Waals surface area contributed by atoms with Gasteiger partial charge in [0.1, 0.15) is 6.10 Å². The molecule has 0 unspecified atom stereocenters. The molecule has 2 aromatic carbocycles. The van der Waals surface area contributed by atoms with E-state index >= 15 is 0 Å². The minimum atomic E-state index is -0.0930. The van der Waals surface area contributed by atoms with Crippen LogP contribution in [0.3, 0.4) is 0 Å². The molecule has 132 valence electrons. The van der Waals surface area contributed by atoms with Gasteiger partial charge in [-0.2, -0.15) is 0 Å². The van der Waals surface area contributed by atoms with Crippen molar-refractivity contribution in [2.45, 2.75) is 25.9 Å². The molecule has 0 aliphatic carbocycles. The fourth-order valence-corrected chi connectivity index (χ4v) is 3.33. The second-order valence-electron chi connectivity index (χ2n) is 6.08. The molecule has 0 saturated heterocycles. The maximum absolute atomic E-state index is 6.29. The number of hydrogen-bond acceptors (Lipinski definition) is 4. The fraction of sp³-hybridized carbons (Fsp3) is 0.333. The molecule has 0 spiro atoms. The number of methoxy groups -OCH3 is 3. The summed E-state index contributed by atoms with van der Waals surface area (Å²) in [7, 11) is 4.95. The van der Waals surface area contributed by atoms with Crippen molar-refractivity contribution in [1.82, 2.24) is 0 Å². The number of ether oxygens (including phenoxy) is 4. The molecule has 25 heavy (non-hydrogen) atoms. The molecule has 0 saturated carbocycles. The van der Waals surface area contributed by atoms with E-state index in [1.807, 2.05) is 37.3 Å². The Hall–Kier alpha value is -2.62. The van der Waals surface area contributed by atoms with E-state index in [0.717, 1.165) is 28.2 Å². The van der Waals surface area contributed by atoms with Gasteiger partial charge < -0.3 is 18.9 Å². The number of rotatable bonds is 5. The van der Waals surface area contributed by atoms with E-state index in [1.165, 1.54) is 0 Å². The first-order valence-electron chi connectivity index (χ1n) is 8.36. The molecule has 0 fully saturated rings. The molecular formula is C21H24O4. The zero-order valence-electron chi connectivity index (χ0n) is 15.3. The Labute approximate surface area is 149 Å². The average molecular weight is 340 g/mol. The van der Waals surface area contributed by atoms with Crippen LogP contribution in [-0.4, -0.2) is 21.3 Å². The van der Waals surface area contributed by atoms with Crippen molar-refractivity contribution in [3.05, 3.63) is 53.1 Å². The normalized spacial score (nSPS) is 18.8. The van der Waals surface area contributed by atoms with Gasteiger partial charge in [0.25, 0.3) is 0 Å². The Morgan fingerprint density at radius 1 is 0.920 bits per heavy atom. The highest BCUT2D eigenvalue weighted by atomic mass is 16.5. The number of hydrogen-bond donors (Lipinski definition) is 0. The van der Waals surface area contributed by atoms with Crippen LogP contribution in [0.25, 0.3) is 6.08 Å². The van der Waals surface area contributed by atoms with Crippen molar-refractivity contribution in [1.29, 1.82) is 0 Å². The summed E-state index contributed by atoms with van der Waals surface area (Å²) >= 11 is 0. The first kappa shape index (κ1) is 17.2. The Morgan fingerprint density at radius 2 is 1.64 bits per heavy atom. The third kappa shape index (κ3) is 3.04. The molecule has 4 heteroatoms. The minimum Gasteiger partial charge on any atom is -0.493 e. The summed E-state index contributed by atoms with van der Waals surface area (Å²) in [6.07, 6.45) is 4.00. The highest BCUT2D eigenvalue weighted by Crippen LogP contribution is 2.51. The molecule has 4 nitrogen and oxygen atoms in total. The SMILES string of the molecule is C/C=C/c1cc(OC)c2c(c1)[C@H](C)[C@@H](c1ccc(OC)c(OC)c1)O2. The Kier molecular flexibility index (Phi) is 4.88. The Bertz CT molecular complexity index is 795. The van der Waals surface area contributed by atoms with Gasteiger partial charge in [0.15, 0.2) is 23.0 Å². The van der Waals surface area contributed by atoms with E-state index < -0.39 is 0 Å². The van der Waals surface area contributed by atoms with Crippen molar-refractivity contribution in [2.24, 2.45) is 0 Å². The first-order chi connectivity index (χ1) is 12.1. The summed E-state index contributed by atoms with van der Waals surface area (Å²) in [6.45, 7) is 4.18. The fourth-order valence-electron chi connectivity index (χ4n) is 3.33. The van der Waals surface area contributed by atoms with Crippen LogP contribution in [-0.2, 0) is 0 Å². The van der Waals surface area contributed by atoms with Crippen molar-refractivity contribution < 1.29 is 18.9 Å². The van der Waals surface area contributed by atoms with E-state index in [9.17, 15) is 0 Å². The predicted molar refractivity (Wildman–Crippen MR) is 99.0 cm³/mol. The van der Waals surface area contributed by atoms with E-state index in [0.29, 0.717) is 11.5 Å². The molecule has 2 atom stereocenters. The average Bonchev–Trinajstić information content (AvgIpc) is 2.97. The molecule has 0 radical (unpaired) electrons. The van der Waals surface area contributed by atoms with Crippen molar-refractivity contribution in [3.63, 3.8) is 0 Å². The lowest BCUT2D eigenvalue weighted by molar-refractivity contribution is 0.207. The van der Waals surface area contributed by atoms with Gasteiger partial charge in [-0.25, -0.2) is 0 Å². The van der Waals surface area contributed by atoms with Crippen molar-refractivity contribution in [2.75, 3.05) is 21.3 Å². The topological polar surface area (TPSA) is 36.9 Å². The van der Waals surface area contributed by atoms with Crippen LogP contribution < -0.4 is 18.9 Å². The van der Waals surface area contributed by atoms with Gasteiger partial charge in [-0.15, -0.1) is 0 Å². The van der Waals surface area contributed by atoms with Crippen LogP contribution >= 0.6 is 0 Å². The van der Waals surface area contributed by atoms with Crippen LogP contribution in [0.2, 0.25) is 0 Å². The zero-order valence-corrected chi connectivity index (χ0v) is 15.3. The van der Waals surface area contributed by atoms with Crippen LogP contribution in [0.15, 0.2) is 36.4 Å². The smallest absolute Gasteiger partial charge is 0.165 e. The van der Waals surface area contributed by atoms with E-state index in [4.69, 9.17) is 18.9 Å². The van der Waals surface area contributed by atoms with E-state index in [2.05, 4.69) is 19.1 Å². The number of benzene rings is 2. The lowest BCUT2D eigenvalue weighted by Crippen LogP contribution is -2.07. The van der Waals surface area contributed by atoms with Crippen molar-refractivity contribution >= 4 is 6.08 Å². The molecule has 0 bridgehead atoms. The van der Waals surface area contributed by atoms with Gasteiger partial charge in [0.05, 0.1) is 21.3 Å². The highest BCUT2D eigenvalue weighted by Gasteiger charge is 2.35. The Morgan fingerprint density at radius 3 is 2.28 bits per heavy atom. The summed E-state index contributed by atoms with van der Waals surface area (Å²) < 4.78 is 22.6. The quantitative estimate of drug-likeness (QED) is 0.769. The van der Waals surface area contributed by atoms with Crippen LogP contribution in [0.4, 0.5) is 0 Å². The highest BCUT2D eigenvalue weighted by molar-refractivity contribution is 5.62. The lowest BCUT2D eigenvalue weighted by Gasteiger charge is -2.18. The molecule has 3 rings (SSSR count). The first-order valence-corrected chi connectivity index (χ1v) is 8.36. The summed E-state index contributed by atoms with van der Waals surface area (Å²) in [5, 5.41) is 0. The third-order valence-electron chi connectivity index (χ3n) is 4.61. The molecule has 1 heterocycles. The molecule has 0 N–H and O–H groups in total. The largest absolute Gasteiger partial charge is 0.493 e. The summed E-state index contributed by atoms with van der Waals surface area (Å²) in [5.41, 5.74) is 3.32. The van der Waals surface area contributed by atoms with Gasteiger partial charge in [-0.1, -0.05) is 25.1 Å². The van der Waals surface area contributed by atoms with Gasteiger partial charge in [-0.3, -0.25) is 0 Å². The van der Waals surface area contributed by atoms with Gasteiger partial charge >= 0.3 is 0 Å². The monoisotopic (exact) mass is 340 g/mol. The second-order valence-corrected chi connectivity index (χ2v) is 6.08. The van der Waals surface area contributed by atoms with Crippen LogP contribution in [0.5, 0.6) is 23.0 Å². The molecule has 0 aromatic heterocycles. The maximum Gasteiger partial charge on any atom is 0.165 e. The van der Waals surface area contributed by atoms with Gasteiger partial charge in [0, 0.05) is 11.5 Å². The summed E-state index contributed by atoms with van der Waals surface area (Å²) in [4.78, 5) is 0. The van der Waals surface area contributed by atoms with Crippen molar-refractivity contribution in [3.8, 4) is 23.0 Å². The maximum atomic E-state index is 6.29. The molecule has 1 aliphatic rings. The minimum absolute atomic E-state index is 0.0930. The third-order valence-corrected chi connectivity index (χ3v) is 4.61. The zero-order chi connectivity index (χ0) is 18.0. The van der Waals surface area contributed by atoms with E-state index in [1.54, 1.807) is 21.3 Å². The molecule has 2 aromatic rings. The predicted octanol–water partition coefficient (Wildman–Crippen LogP) is 4.98. The molecule has 1 aliphatic heterocycles. The second kappa shape index (κ2) is 7.09. The van der Waals surface area contributed by atoms with Gasteiger partial charge in [0.2, 0.25) is 0 Å². The standard InChI is InChI=1S/C21H24O4/c1-6-7-14-10-16-13(2)20(25-21(16)19(11-14)24-5)15-8-9-17(22-3)18(12-15)23-4/h6-13,20H,1-5H3/b7-6+/t13-,20-/m0/s1. The lowest BCUT2D eigenvalue weighted by atomic mass is 9.91. The van der Waals surface area contributed by atoms with E-state index in [-0.39, 0.29) is 12.0 Å². The number of fused-ring (bicyclic) bond motifs is 1. The summed E-state index contributed by atoms with van der Waals surface area (Å²) in [5.74, 6) is 3.20. The number of allylic oxidation sites excluding steroid dienone is 1. The Balaban J connectivity index is 2.01.